The summed E-state index contributed by atoms with van der Waals surface area (Å²) in [5.41, 5.74) is 1.91. The van der Waals surface area contributed by atoms with E-state index < -0.39 is 15.8 Å². The van der Waals surface area contributed by atoms with Crippen molar-refractivity contribution in [3.63, 3.8) is 0 Å². The summed E-state index contributed by atoms with van der Waals surface area (Å²) in [6.45, 7) is 2.36. The maximum atomic E-state index is 13.4. The molecule has 0 fully saturated rings. The van der Waals surface area contributed by atoms with E-state index in [1.807, 2.05) is 12.1 Å². The molecule has 2 aromatic carbocycles. The van der Waals surface area contributed by atoms with Gasteiger partial charge in [-0.05, 0) is 54.8 Å². The number of rotatable bonds is 4. The first kappa shape index (κ1) is 17.7. The fraction of sp³-hybridized carbons (Fsp3) is 0.263. The maximum absolute atomic E-state index is 13.4. The van der Waals surface area contributed by atoms with Gasteiger partial charge in [0, 0.05) is 24.6 Å². The van der Waals surface area contributed by atoms with Crippen LogP contribution in [0.25, 0.3) is 0 Å². The fourth-order valence-electron chi connectivity index (χ4n) is 3.35. The van der Waals surface area contributed by atoms with Crippen molar-refractivity contribution in [1.29, 1.82) is 0 Å². The Morgan fingerprint density at radius 2 is 1.96 bits per heavy atom. The molecule has 0 bridgehead atoms. The van der Waals surface area contributed by atoms with E-state index in [4.69, 9.17) is 0 Å². The molecular weight excluding hydrogens is 367 g/mol. The number of benzene rings is 2. The van der Waals surface area contributed by atoms with Crippen LogP contribution in [0.2, 0.25) is 0 Å². The highest BCUT2D eigenvalue weighted by molar-refractivity contribution is 7.92. The lowest BCUT2D eigenvalue weighted by Gasteiger charge is -2.23. The number of nitrogens with one attached hydrogen (secondary N) is 1. The zero-order chi connectivity index (χ0) is 19.0. The minimum Gasteiger partial charge on any atom is -0.317 e. The Hall–Kier alpha value is -2.74. The van der Waals surface area contributed by atoms with Crippen molar-refractivity contribution < 1.29 is 12.8 Å². The molecule has 0 spiro atoms. The summed E-state index contributed by atoms with van der Waals surface area (Å²) in [5.74, 6) is 0.922. The van der Waals surface area contributed by atoms with Crippen LogP contribution in [0.1, 0.15) is 29.3 Å². The highest BCUT2D eigenvalue weighted by atomic mass is 32.2. The standard InChI is InChI=1S/C19H19FN4O2S/c1-13-10-17(7-8-18(13)20)27(25,26)23-16-5-2-14(3-6-16)15-4-9-19-22-21-12-24(19)11-15/h2-3,5-8,10,12,15,23H,4,9,11H2,1H3. The monoisotopic (exact) mass is 386 g/mol. The van der Waals surface area contributed by atoms with Gasteiger partial charge in [0.05, 0.1) is 4.90 Å². The van der Waals surface area contributed by atoms with Crippen LogP contribution in [0, 0.1) is 12.7 Å². The number of anilines is 1. The summed E-state index contributed by atoms with van der Waals surface area (Å²) in [6.07, 6.45) is 3.61. The molecule has 1 aliphatic heterocycles. The number of sulfonamides is 1. The van der Waals surface area contributed by atoms with Crippen LogP contribution in [-0.4, -0.2) is 23.2 Å². The fourth-order valence-corrected chi connectivity index (χ4v) is 4.49. The molecule has 0 saturated carbocycles. The third-order valence-electron chi connectivity index (χ3n) is 4.90. The van der Waals surface area contributed by atoms with Gasteiger partial charge in [0.1, 0.15) is 18.0 Å². The summed E-state index contributed by atoms with van der Waals surface area (Å²) in [7, 11) is -3.76. The Kier molecular flexibility index (Phi) is 4.43. The summed E-state index contributed by atoms with van der Waals surface area (Å²) in [4.78, 5) is 0.0397. The van der Waals surface area contributed by atoms with E-state index in [1.165, 1.54) is 19.1 Å². The molecule has 1 atom stereocenters. The van der Waals surface area contributed by atoms with Crippen LogP contribution >= 0.6 is 0 Å². The van der Waals surface area contributed by atoms with Crippen molar-refractivity contribution in [2.24, 2.45) is 0 Å². The minimum atomic E-state index is -3.76. The number of aryl methyl sites for hydroxylation is 2. The molecule has 6 nitrogen and oxygen atoms in total. The Morgan fingerprint density at radius 3 is 2.70 bits per heavy atom. The summed E-state index contributed by atoms with van der Waals surface area (Å²) in [5, 5.41) is 8.03. The van der Waals surface area contributed by atoms with E-state index in [2.05, 4.69) is 19.5 Å². The number of halogens is 1. The summed E-state index contributed by atoms with van der Waals surface area (Å²) >= 11 is 0. The van der Waals surface area contributed by atoms with Crippen molar-refractivity contribution in [1.82, 2.24) is 14.8 Å². The lowest BCUT2D eigenvalue weighted by Crippen LogP contribution is -2.18. The molecule has 0 amide bonds. The smallest absolute Gasteiger partial charge is 0.261 e. The van der Waals surface area contributed by atoms with Gasteiger partial charge < -0.3 is 4.57 Å². The van der Waals surface area contributed by atoms with E-state index in [0.717, 1.165) is 36.8 Å². The van der Waals surface area contributed by atoms with Crippen molar-refractivity contribution in [3.05, 3.63) is 71.6 Å². The predicted molar refractivity (Wildman–Crippen MR) is 99.5 cm³/mol. The lowest BCUT2D eigenvalue weighted by atomic mass is 9.91. The van der Waals surface area contributed by atoms with Gasteiger partial charge in [-0.15, -0.1) is 10.2 Å². The van der Waals surface area contributed by atoms with Gasteiger partial charge in [0.2, 0.25) is 0 Å². The number of hydrogen-bond acceptors (Lipinski definition) is 4. The van der Waals surface area contributed by atoms with E-state index in [-0.39, 0.29) is 4.90 Å². The molecule has 4 rings (SSSR count). The van der Waals surface area contributed by atoms with Gasteiger partial charge in [0.15, 0.2) is 0 Å². The van der Waals surface area contributed by atoms with Gasteiger partial charge in [-0.1, -0.05) is 12.1 Å². The number of hydrogen-bond donors (Lipinski definition) is 1. The minimum absolute atomic E-state index is 0.0397. The molecule has 0 radical (unpaired) electrons. The second-order valence-electron chi connectivity index (χ2n) is 6.77. The second kappa shape index (κ2) is 6.77. The highest BCUT2D eigenvalue weighted by Crippen LogP contribution is 2.29. The number of nitrogens with zero attached hydrogens (tertiary/aromatic N) is 3. The van der Waals surface area contributed by atoms with E-state index in [1.54, 1.807) is 18.5 Å². The van der Waals surface area contributed by atoms with Gasteiger partial charge in [-0.3, -0.25) is 4.72 Å². The van der Waals surface area contributed by atoms with Gasteiger partial charge in [0.25, 0.3) is 10.0 Å². The van der Waals surface area contributed by atoms with E-state index in [0.29, 0.717) is 17.2 Å². The first-order chi connectivity index (χ1) is 12.9. The van der Waals surface area contributed by atoms with Crippen molar-refractivity contribution >= 4 is 15.7 Å². The Bertz CT molecular complexity index is 1080. The average molecular weight is 386 g/mol. The third-order valence-corrected chi connectivity index (χ3v) is 6.28. The largest absolute Gasteiger partial charge is 0.317 e. The molecule has 1 aromatic heterocycles. The molecule has 3 aromatic rings. The second-order valence-corrected chi connectivity index (χ2v) is 8.46. The normalized spacial score (nSPS) is 16.7. The van der Waals surface area contributed by atoms with Crippen LogP contribution < -0.4 is 4.72 Å². The summed E-state index contributed by atoms with van der Waals surface area (Å²) < 4.78 is 43.0. The molecule has 8 heteroatoms. The van der Waals surface area contributed by atoms with Crippen molar-refractivity contribution in [2.45, 2.75) is 37.1 Å². The molecule has 1 unspecified atom stereocenters. The van der Waals surface area contributed by atoms with E-state index >= 15 is 0 Å². The van der Waals surface area contributed by atoms with Gasteiger partial charge in [-0.2, -0.15) is 0 Å². The highest BCUT2D eigenvalue weighted by Gasteiger charge is 2.21. The molecular formula is C19H19FN4O2S. The van der Waals surface area contributed by atoms with Crippen molar-refractivity contribution in [3.8, 4) is 0 Å². The molecule has 1 aliphatic rings. The third kappa shape index (κ3) is 3.57. The molecule has 1 N–H and O–H groups in total. The SMILES string of the molecule is Cc1cc(S(=O)(=O)Nc2ccc(C3CCc4nncn4C3)cc2)ccc1F. The van der Waals surface area contributed by atoms with Crippen LogP contribution in [-0.2, 0) is 23.0 Å². The topological polar surface area (TPSA) is 76.9 Å². The quantitative estimate of drug-likeness (QED) is 0.747. The molecule has 140 valence electrons. The van der Waals surface area contributed by atoms with Gasteiger partial charge >= 0.3 is 0 Å². The molecule has 2 heterocycles. The Morgan fingerprint density at radius 1 is 1.19 bits per heavy atom. The number of fused-ring (bicyclic) bond motifs is 1. The zero-order valence-corrected chi connectivity index (χ0v) is 15.6. The Balaban J connectivity index is 1.50. The average Bonchev–Trinajstić information content (AvgIpc) is 3.12. The van der Waals surface area contributed by atoms with Crippen LogP contribution in [0.4, 0.5) is 10.1 Å². The Labute approximate surface area is 157 Å². The molecule has 0 aliphatic carbocycles. The predicted octanol–water partition coefficient (Wildman–Crippen LogP) is 3.26. The zero-order valence-electron chi connectivity index (χ0n) is 14.8. The van der Waals surface area contributed by atoms with Crippen LogP contribution in [0.5, 0.6) is 0 Å². The van der Waals surface area contributed by atoms with Crippen molar-refractivity contribution in [2.75, 3.05) is 4.72 Å². The first-order valence-electron chi connectivity index (χ1n) is 8.68. The van der Waals surface area contributed by atoms with Crippen LogP contribution in [0.15, 0.2) is 53.7 Å². The molecule has 0 saturated heterocycles. The maximum Gasteiger partial charge on any atom is 0.261 e. The van der Waals surface area contributed by atoms with Gasteiger partial charge in [-0.25, -0.2) is 12.8 Å². The molecule has 27 heavy (non-hydrogen) atoms. The lowest BCUT2D eigenvalue weighted by molar-refractivity contribution is 0.456. The number of aromatic nitrogens is 3. The first-order valence-corrected chi connectivity index (χ1v) is 10.2. The van der Waals surface area contributed by atoms with E-state index in [9.17, 15) is 12.8 Å². The van der Waals surface area contributed by atoms with Crippen LogP contribution in [0.3, 0.4) is 0 Å². The summed E-state index contributed by atoms with van der Waals surface area (Å²) in [6, 6.07) is 11.1.